The van der Waals surface area contributed by atoms with Crippen molar-refractivity contribution in [3.63, 3.8) is 0 Å². The lowest BCUT2D eigenvalue weighted by molar-refractivity contribution is 0.348. The molecule has 0 bridgehead atoms. The molecule has 12 heteroatoms. The summed E-state index contributed by atoms with van der Waals surface area (Å²) in [5.41, 5.74) is -1.52. The Morgan fingerprint density at radius 3 is 1.07 bits per heavy atom. The van der Waals surface area contributed by atoms with Gasteiger partial charge >= 0.3 is 0 Å². The van der Waals surface area contributed by atoms with Crippen molar-refractivity contribution in [2.24, 2.45) is 0 Å². The molecule has 28 heavy (non-hydrogen) atoms. The maximum absolute atomic E-state index is 10.3. The smallest absolute Gasteiger partial charge is 0.206 e. The summed E-state index contributed by atoms with van der Waals surface area (Å²) in [7, 11) is 0. The van der Waals surface area contributed by atoms with Crippen LogP contribution in [0.5, 0.6) is 57.5 Å². The zero-order chi connectivity index (χ0) is 20.7. The molecule has 1 aliphatic heterocycles. The molecular formula is C16H12N2O10. The molecule has 1 aliphatic rings. The Kier molecular flexibility index (Phi) is 3.05. The van der Waals surface area contributed by atoms with Crippen LogP contribution in [0.15, 0.2) is 0 Å². The molecule has 4 rings (SSSR count). The summed E-state index contributed by atoms with van der Waals surface area (Å²) in [6.45, 7) is 0. The molecule has 12 N–H and O–H groups in total. The van der Waals surface area contributed by atoms with Gasteiger partial charge in [-0.2, -0.15) is 0 Å². The molecule has 0 saturated heterocycles. The molecule has 0 fully saturated rings. The van der Waals surface area contributed by atoms with Crippen LogP contribution in [0.1, 0.15) is 0 Å². The maximum atomic E-state index is 10.3. The van der Waals surface area contributed by atoms with Gasteiger partial charge in [0.05, 0.1) is 16.5 Å². The van der Waals surface area contributed by atoms with Crippen LogP contribution < -0.4 is 10.6 Å². The van der Waals surface area contributed by atoms with Crippen molar-refractivity contribution in [3.05, 3.63) is 0 Å². The minimum Gasteiger partial charge on any atom is -0.504 e. The van der Waals surface area contributed by atoms with Gasteiger partial charge in [0.15, 0.2) is 34.5 Å². The Balaban J connectivity index is 2.16. The molecule has 0 aromatic heterocycles. The largest absolute Gasteiger partial charge is 0.504 e. The second-order valence-electron chi connectivity index (χ2n) is 5.99. The quantitative estimate of drug-likeness (QED) is 0.152. The number of phenols is 10. The second-order valence-corrected chi connectivity index (χ2v) is 5.99. The molecule has 3 aromatic rings. The van der Waals surface area contributed by atoms with Gasteiger partial charge in [-0.15, -0.1) is 0 Å². The molecule has 3 aromatic carbocycles. The van der Waals surface area contributed by atoms with Crippen molar-refractivity contribution < 1.29 is 51.1 Å². The Bertz CT molecular complexity index is 1220. The molecule has 0 spiro atoms. The molecule has 12 nitrogen and oxygen atoms in total. The van der Waals surface area contributed by atoms with Crippen molar-refractivity contribution in [2.75, 3.05) is 10.6 Å². The fraction of sp³-hybridized carbons (Fsp3) is 0. The number of anilines is 4. The highest BCUT2D eigenvalue weighted by Crippen LogP contribution is 2.63. The normalized spacial score (nSPS) is 12.1. The first-order valence-corrected chi connectivity index (χ1v) is 7.49. The fourth-order valence-electron chi connectivity index (χ4n) is 3.09. The van der Waals surface area contributed by atoms with Crippen LogP contribution in [-0.2, 0) is 0 Å². The van der Waals surface area contributed by atoms with E-state index in [0.717, 1.165) is 0 Å². The Hall–Kier alpha value is -4.48. The van der Waals surface area contributed by atoms with Gasteiger partial charge in [-0.25, -0.2) is 0 Å². The fourth-order valence-corrected chi connectivity index (χ4v) is 3.09. The third kappa shape index (κ3) is 1.77. The van der Waals surface area contributed by atoms with E-state index in [4.69, 9.17) is 0 Å². The average Bonchev–Trinajstić information content (AvgIpc) is 2.69. The van der Waals surface area contributed by atoms with E-state index in [9.17, 15) is 51.1 Å². The minimum absolute atomic E-state index is 0.319. The third-order valence-electron chi connectivity index (χ3n) is 4.49. The third-order valence-corrected chi connectivity index (χ3v) is 4.49. The first kappa shape index (κ1) is 17.0. The topological polar surface area (TPSA) is 226 Å². The Labute approximate surface area is 153 Å². The van der Waals surface area contributed by atoms with Gasteiger partial charge in [-0.05, 0) is 0 Å². The van der Waals surface area contributed by atoms with E-state index in [0.29, 0.717) is 0 Å². The predicted molar refractivity (Wildman–Crippen MR) is 93.6 cm³/mol. The number of aromatic hydroxyl groups is 10. The van der Waals surface area contributed by atoms with Crippen LogP contribution in [0.2, 0.25) is 0 Å². The van der Waals surface area contributed by atoms with Crippen LogP contribution in [0.3, 0.4) is 0 Å². The summed E-state index contributed by atoms with van der Waals surface area (Å²) in [5, 5.41) is 103. The van der Waals surface area contributed by atoms with Gasteiger partial charge in [0.2, 0.25) is 23.0 Å². The van der Waals surface area contributed by atoms with Gasteiger partial charge in [-0.1, -0.05) is 0 Å². The number of hydrogen-bond acceptors (Lipinski definition) is 12. The highest BCUT2D eigenvalue weighted by molar-refractivity contribution is 6.18. The van der Waals surface area contributed by atoms with Gasteiger partial charge in [-0.3, -0.25) is 0 Å². The summed E-state index contributed by atoms with van der Waals surface area (Å²) in [6, 6.07) is 0. The lowest BCUT2D eigenvalue weighted by atomic mass is 9.99. The summed E-state index contributed by atoms with van der Waals surface area (Å²) in [6.07, 6.45) is 0. The standard InChI is InChI=1S/C16H12N2O10/c19-7-1-2(9(21)14(26)13(7)25)8(20)10(22)4-3(1)17-5-6(18-4)12(24)16(28)15(27)11(5)23/h17-28H. The average molecular weight is 392 g/mol. The van der Waals surface area contributed by atoms with Crippen molar-refractivity contribution in [3.8, 4) is 57.5 Å². The first-order valence-electron chi connectivity index (χ1n) is 7.49. The number of hydrogen-bond donors (Lipinski definition) is 12. The first-order chi connectivity index (χ1) is 13.1. The summed E-state index contributed by atoms with van der Waals surface area (Å²) in [4.78, 5) is 0. The number of benzene rings is 3. The summed E-state index contributed by atoms with van der Waals surface area (Å²) in [5.74, 6) is -10.2. The van der Waals surface area contributed by atoms with Crippen molar-refractivity contribution >= 4 is 33.5 Å². The van der Waals surface area contributed by atoms with E-state index in [2.05, 4.69) is 10.6 Å². The predicted octanol–water partition coefficient (Wildman–Crippen LogP) is 1.70. The zero-order valence-electron chi connectivity index (χ0n) is 13.5. The van der Waals surface area contributed by atoms with E-state index in [1.54, 1.807) is 0 Å². The van der Waals surface area contributed by atoms with Crippen molar-refractivity contribution in [1.82, 2.24) is 0 Å². The van der Waals surface area contributed by atoms with Crippen LogP contribution >= 0.6 is 0 Å². The number of nitrogens with one attached hydrogen (secondary N) is 2. The minimum atomic E-state index is -1.16. The lowest BCUT2D eigenvalue weighted by Gasteiger charge is -2.28. The van der Waals surface area contributed by atoms with Crippen molar-refractivity contribution in [1.29, 1.82) is 0 Å². The molecule has 0 saturated carbocycles. The Morgan fingerprint density at radius 2 is 0.571 bits per heavy atom. The van der Waals surface area contributed by atoms with Gasteiger partial charge < -0.3 is 61.7 Å². The highest BCUT2D eigenvalue weighted by Gasteiger charge is 2.34. The van der Waals surface area contributed by atoms with E-state index in [1.165, 1.54) is 0 Å². The number of phenolic OH excluding ortho intramolecular Hbond substituents is 10. The van der Waals surface area contributed by atoms with Crippen LogP contribution in [0, 0.1) is 0 Å². The van der Waals surface area contributed by atoms with E-state index < -0.39 is 85.3 Å². The highest BCUT2D eigenvalue weighted by atomic mass is 16.4. The maximum Gasteiger partial charge on any atom is 0.206 e. The van der Waals surface area contributed by atoms with Gasteiger partial charge in [0.1, 0.15) is 17.1 Å². The molecule has 0 aliphatic carbocycles. The van der Waals surface area contributed by atoms with Crippen molar-refractivity contribution in [2.45, 2.75) is 0 Å². The van der Waals surface area contributed by atoms with Gasteiger partial charge in [0, 0.05) is 0 Å². The molecule has 0 unspecified atom stereocenters. The lowest BCUT2D eigenvalue weighted by Crippen LogP contribution is -2.08. The second kappa shape index (κ2) is 5.03. The van der Waals surface area contributed by atoms with Gasteiger partial charge in [0.25, 0.3) is 0 Å². The monoisotopic (exact) mass is 392 g/mol. The van der Waals surface area contributed by atoms with Crippen LogP contribution in [0.4, 0.5) is 22.7 Å². The van der Waals surface area contributed by atoms with E-state index in [-0.39, 0.29) is 5.69 Å². The molecule has 0 atom stereocenters. The van der Waals surface area contributed by atoms with Crippen LogP contribution in [0.25, 0.3) is 10.8 Å². The summed E-state index contributed by atoms with van der Waals surface area (Å²) < 4.78 is 0. The molecule has 0 amide bonds. The Morgan fingerprint density at radius 1 is 0.286 bits per heavy atom. The summed E-state index contributed by atoms with van der Waals surface area (Å²) >= 11 is 0. The molecule has 146 valence electrons. The molecular weight excluding hydrogens is 380 g/mol. The van der Waals surface area contributed by atoms with E-state index >= 15 is 0 Å². The molecule has 1 heterocycles. The van der Waals surface area contributed by atoms with Crippen LogP contribution in [-0.4, -0.2) is 51.1 Å². The number of fused-ring (bicyclic) bond motifs is 4. The van der Waals surface area contributed by atoms with E-state index in [1.807, 2.05) is 0 Å². The zero-order valence-corrected chi connectivity index (χ0v) is 13.5. The molecule has 0 radical (unpaired) electrons. The number of rotatable bonds is 0. The SMILES string of the molecule is Oc1c(O)c(O)c2c(c1O)Nc1c(O)c(O)c3c(O)c(O)c(O)c(O)c3c1N2.